The summed E-state index contributed by atoms with van der Waals surface area (Å²) in [5.74, 6) is -0.670. The topological polar surface area (TPSA) is 95.9 Å². The summed E-state index contributed by atoms with van der Waals surface area (Å²) in [7, 11) is 0. The van der Waals surface area contributed by atoms with Gasteiger partial charge in [-0.3, -0.25) is 9.59 Å². The molecule has 0 bridgehead atoms. The first-order valence-electron chi connectivity index (χ1n) is 11.2. The van der Waals surface area contributed by atoms with Gasteiger partial charge in [0.1, 0.15) is 17.9 Å². The van der Waals surface area contributed by atoms with E-state index in [-0.39, 0.29) is 25.0 Å². The van der Waals surface area contributed by atoms with Crippen LogP contribution >= 0.6 is 11.8 Å². The Labute approximate surface area is 197 Å². The molecule has 2 aromatic rings. The van der Waals surface area contributed by atoms with Gasteiger partial charge in [0.15, 0.2) is 0 Å². The Hall–Kier alpha value is -3.00. The van der Waals surface area contributed by atoms with E-state index in [0.717, 1.165) is 22.3 Å². The van der Waals surface area contributed by atoms with Crippen LogP contribution < -0.4 is 5.32 Å². The average Bonchev–Trinajstić information content (AvgIpc) is 3.16. The van der Waals surface area contributed by atoms with E-state index in [1.165, 1.54) is 11.8 Å². The van der Waals surface area contributed by atoms with Gasteiger partial charge in [0.25, 0.3) is 0 Å². The van der Waals surface area contributed by atoms with Crippen molar-refractivity contribution in [2.75, 3.05) is 25.4 Å². The number of nitrogens with zero attached hydrogens (tertiary/aromatic N) is 1. The van der Waals surface area contributed by atoms with E-state index in [2.05, 4.69) is 29.6 Å². The normalized spacial score (nSPS) is 18.2. The van der Waals surface area contributed by atoms with E-state index in [4.69, 9.17) is 4.74 Å². The minimum atomic E-state index is -0.922. The minimum Gasteiger partial charge on any atom is -0.480 e. The van der Waals surface area contributed by atoms with Crippen molar-refractivity contribution in [1.82, 2.24) is 10.2 Å². The number of thioether (sulfide) groups is 1. The Bertz CT molecular complexity index is 997. The summed E-state index contributed by atoms with van der Waals surface area (Å²) < 4.78 is 5.59. The largest absolute Gasteiger partial charge is 0.480 e. The average molecular weight is 469 g/mol. The maximum absolute atomic E-state index is 13.0. The second-order valence-corrected chi connectivity index (χ2v) is 9.60. The fraction of sp³-hybridized carbons (Fsp3) is 0.400. The lowest BCUT2D eigenvalue weighted by atomic mass is 9.98. The molecule has 0 aromatic heterocycles. The maximum atomic E-state index is 13.0. The smallest absolute Gasteiger partial charge is 0.407 e. The molecule has 0 spiro atoms. The number of rotatable bonds is 7. The molecule has 1 aliphatic carbocycles. The number of hydrogen-bond acceptors (Lipinski definition) is 5. The number of benzene rings is 2. The first kappa shape index (κ1) is 23.2. The van der Waals surface area contributed by atoms with Crippen LogP contribution in [0.5, 0.6) is 0 Å². The van der Waals surface area contributed by atoms with Crippen LogP contribution in [0, 0.1) is 0 Å². The van der Waals surface area contributed by atoms with Gasteiger partial charge in [0, 0.05) is 24.8 Å². The zero-order valence-corrected chi connectivity index (χ0v) is 19.3. The Kier molecular flexibility index (Phi) is 7.23. The third-order valence-corrected chi connectivity index (χ3v) is 7.34. The third kappa shape index (κ3) is 5.00. The van der Waals surface area contributed by atoms with E-state index in [0.29, 0.717) is 25.1 Å². The van der Waals surface area contributed by atoms with Crippen LogP contribution in [0.15, 0.2) is 48.5 Å². The van der Waals surface area contributed by atoms with Gasteiger partial charge in [-0.05, 0) is 28.7 Å². The number of alkyl carbamates (subject to hydrolysis) is 1. The molecule has 174 valence electrons. The van der Waals surface area contributed by atoms with Crippen LogP contribution in [0.4, 0.5) is 4.79 Å². The molecule has 1 heterocycles. The van der Waals surface area contributed by atoms with Crippen LogP contribution in [0.25, 0.3) is 11.1 Å². The molecule has 1 unspecified atom stereocenters. The van der Waals surface area contributed by atoms with Crippen molar-refractivity contribution < 1.29 is 24.2 Å². The molecule has 33 heavy (non-hydrogen) atoms. The van der Waals surface area contributed by atoms with Gasteiger partial charge < -0.3 is 20.1 Å². The molecule has 1 saturated heterocycles. The standard InChI is InChI=1S/C25H28N2O5S/c1-2-7-21(23(28)27-12-13-33-22(14-27)24(29)30)26-25(31)32-15-20-18-10-5-3-8-16(18)17-9-4-6-11-19(17)20/h3-6,8-11,20-22H,2,7,12-15H2,1H3,(H,26,31)(H,29,30)/t21-,22?/m0/s1. The number of hydrogen-bond donors (Lipinski definition) is 2. The molecule has 7 nitrogen and oxygen atoms in total. The highest BCUT2D eigenvalue weighted by molar-refractivity contribution is 8.00. The summed E-state index contributed by atoms with van der Waals surface area (Å²) in [5.41, 5.74) is 4.55. The number of carboxylic acid groups (broad SMARTS) is 1. The molecule has 2 N–H and O–H groups in total. The Morgan fingerprint density at radius 3 is 2.36 bits per heavy atom. The van der Waals surface area contributed by atoms with Gasteiger partial charge in [-0.1, -0.05) is 61.9 Å². The molecule has 0 radical (unpaired) electrons. The number of nitrogens with one attached hydrogen (secondary N) is 1. The highest BCUT2D eigenvalue weighted by atomic mass is 32.2. The molecule has 2 atom stereocenters. The third-order valence-electron chi connectivity index (χ3n) is 6.16. The van der Waals surface area contributed by atoms with Crippen LogP contribution in [0.1, 0.15) is 36.8 Å². The van der Waals surface area contributed by atoms with Crippen molar-refractivity contribution in [1.29, 1.82) is 0 Å². The molecule has 8 heteroatoms. The highest BCUT2D eigenvalue weighted by Gasteiger charge is 2.33. The number of carboxylic acids is 1. The molecule has 4 rings (SSSR count). The predicted molar refractivity (Wildman–Crippen MR) is 127 cm³/mol. The molecule has 2 aliphatic rings. The Morgan fingerprint density at radius 2 is 1.76 bits per heavy atom. The lowest BCUT2D eigenvalue weighted by Gasteiger charge is -2.33. The lowest BCUT2D eigenvalue weighted by Crippen LogP contribution is -2.53. The SMILES string of the molecule is CCC[C@H](NC(=O)OCC1c2ccccc2-c2ccccc21)C(=O)N1CCSC(C(=O)O)C1. The summed E-state index contributed by atoms with van der Waals surface area (Å²) in [6, 6.07) is 15.5. The quantitative estimate of drug-likeness (QED) is 0.643. The van der Waals surface area contributed by atoms with E-state index in [1.807, 2.05) is 31.2 Å². The van der Waals surface area contributed by atoms with Crippen molar-refractivity contribution in [2.24, 2.45) is 0 Å². The molecular formula is C25H28N2O5S. The molecule has 2 aromatic carbocycles. The van der Waals surface area contributed by atoms with Gasteiger partial charge >= 0.3 is 12.1 Å². The fourth-order valence-electron chi connectivity index (χ4n) is 4.55. The summed E-state index contributed by atoms with van der Waals surface area (Å²) in [5, 5.41) is 11.4. The van der Waals surface area contributed by atoms with Crippen LogP contribution in [-0.2, 0) is 14.3 Å². The fourth-order valence-corrected chi connectivity index (χ4v) is 5.59. The molecule has 0 saturated carbocycles. The first-order valence-corrected chi connectivity index (χ1v) is 12.3. The summed E-state index contributed by atoms with van der Waals surface area (Å²) in [4.78, 5) is 38.6. The van der Waals surface area contributed by atoms with Crippen LogP contribution in [-0.4, -0.2) is 64.7 Å². The van der Waals surface area contributed by atoms with Gasteiger partial charge in [0.2, 0.25) is 5.91 Å². The zero-order valence-electron chi connectivity index (χ0n) is 18.5. The second-order valence-electron chi connectivity index (χ2n) is 8.29. The monoisotopic (exact) mass is 468 g/mol. The van der Waals surface area contributed by atoms with Gasteiger partial charge in [-0.15, -0.1) is 11.8 Å². The molecular weight excluding hydrogens is 440 g/mol. The lowest BCUT2D eigenvalue weighted by molar-refractivity contribution is -0.138. The molecule has 2 amide bonds. The summed E-state index contributed by atoms with van der Waals surface area (Å²) >= 11 is 1.34. The van der Waals surface area contributed by atoms with Crippen molar-refractivity contribution in [3.8, 4) is 11.1 Å². The van der Waals surface area contributed by atoms with E-state index in [9.17, 15) is 19.5 Å². The van der Waals surface area contributed by atoms with Crippen molar-refractivity contribution >= 4 is 29.7 Å². The van der Waals surface area contributed by atoms with Crippen molar-refractivity contribution in [3.05, 3.63) is 59.7 Å². The number of ether oxygens (including phenoxy) is 1. The number of fused-ring (bicyclic) bond motifs is 3. The van der Waals surface area contributed by atoms with Gasteiger partial charge in [0.05, 0.1) is 0 Å². The zero-order chi connectivity index (χ0) is 23.4. The number of carbonyl (C=O) groups is 3. The predicted octanol–water partition coefficient (Wildman–Crippen LogP) is 3.72. The molecule has 1 aliphatic heterocycles. The second kappa shape index (κ2) is 10.3. The highest BCUT2D eigenvalue weighted by Crippen LogP contribution is 2.44. The number of aliphatic carboxylic acids is 1. The van der Waals surface area contributed by atoms with Gasteiger partial charge in [-0.2, -0.15) is 0 Å². The molecule has 1 fully saturated rings. The van der Waals surface area contributed by atoms with Gasteiger partial charge in [-0.25, -0.2) is 4.79 Å². The summed E-state index contributed by atoms with van der Waals surface area (Å²) in [6.45, 7) is 2.73. The first-order chi connectivity index (χ1) is 16.0. The van der Waals surface area contributed by atoms with Crippen LogP contribution in [0.3, 0.4) is 0 Å². The Balaban J connectivity index is 1.40. The number of amides is 2. The van der Waals surface area contributed by atoms with Crippen molar-refractivity contribution in [3.63, 3.8) is 0 Å². The maximum Gasteiger partial charge on any atom is 0.407 e. The minimum absolute atomic E-state index is 0.0566. The van der Waals surface area contributed by atoms with E-state index < -0.39 is 23.4 Å². The number of carbonyl (C=O) groups excluding carboxylic acids is 2. The summed E-state index contributed by atoms with van der Waals surface area (Å²) in [6.07, 6.45) is 0.528. The Morgan fingerprint density at radius 1 is 1.12 bits per heavy atom. The van der Waals surface area contributed by atoms with E-state index >= 15 is 0 Å². The van der Waals surface area contributed by atoms with Crippen LogP contribution in [0.2, 0.25) is 0 Å². The van der Waals surface area contributed by atoms with E-state index in [1.54, 1.807) is 4.90 Å². The van der Waals surface area contributed by atoms with Crippen molar-refractivity contribution in [2.45, 2.75) is 37.0 Å².